The second-order valence-corrected chi connectivity index (χ2v) is 7.41. The molecule has 0 fully saturated rings. The van der Waals surface area contributed by atoms with E-state index in [0.29, 0.717) is 0 Å². The van der Waals surface area contributed by atoms with Gasteiger partial charge in [-0.1, -0.05) is 0 Å². The van der Waals surface area contributed by atoms with Gasteiger partial charge < -0.3 is 10.2 Å². The lowest BCUT2D eigenvalue weighted by molar-refractivity contribution is 0.207. The summed E-state index contributed by atoms with van der Waals surface area (Å²) in [7, 11) is 1.80. The third-order valence-corrected chi connectivity index (χ3v) is 5.22. The van der Waals surface area contributed by atoms with Crippen molar-refractivity contribution in [3.63, 3.8) is 0 Å². The molecule has 2 aromatic rings. The van der Waals surface area contributed by atoms with Crippen molar-refractivity contribution < 1.29 is 4.79 Å². The van der Waals surface area contributed by atoms with Crippen molar-refractivity contribution in [2.24, 2.45) is 0 Å². The van der Waals surface area contributed by atoms with Crippen LogP contribution >= 0.6 is 23.1 Å². The molecule has 4 nitrogen and oxygen atoms in total. The third kappa shape index (κ3) is 3.81. The Morgan fingerprint density at radius 1 is 1.32 bits per heavy atom. The molecule has 0 bridgehead atoms. The molecule has 0 saturated heterocycles. The zero-order chi connectivity index (χ0) is 16.3. The van der Waals surface area contributed by atoms with Crippen molar-refractivity contribution in [2.75, 3.05) is 18.6 Å². The normalized spacial score (nSPS) is 12.0. The highest BCUT2D eigenvalue weighted by Gasteiger charge is 2.21. The van der Waals surface area contributed by atoms with E-state index in [9.17, 15) is 4.79 Å². The van der Waals surface area contributed by atoms with E-state index in [4.69, 9.17) is 0 Å². The quantitative estimate of drug-likeness (QED) is 0.823. The van der Waals surface area contributed by atoms with Crippen LogP contribution in [0.5, 0.6) is 0 Å². The van der Waals surface area contributed by atoms with Crippen LogP contribution < -0.4 is 5.32 Å². The Morgan fingerprint density at radius 3 is 2.45 bits per heavy atom. The van der Waals surface area contributed by atoms with Crippen LogP contribution in [-0.2, 0) is 0 Å². The number of urea groups is 1. The summed E-state index contributed by atoms with van der Waals surface area (Å²) in [4.78, 5) is 20.9. The SMILES string of the molecule is CSc1ccc(NC(=O)N(C)C(C)c2nc(C)sc2C)cc1. The molecule has 0 spiro atoms. The van der Waals surface area contributed by atoms with Crippen molar-refractivity contribution in [2.45, 2.75) is 31.7 Å². The molecule has 0 aliphatic heterocycles. The Morgan fingerprint density at radius 2 is 1.95 bits per heavy atom. The minimum absolute atomic E-state index is 0.0598. The fourth-order valence-electron chi connectivity index (χ4n) is 2.18. The number of aryl methyl sites for hydroxylation is 2. The van der Waals surface area contributed by atoms with Gasteiger partial charge >= 0.3 is 6.03 Å². The van der Waals surface area contributed by atoms with E-state index in [2.05, 4.69) is 10.3 Å². The number of hydrogen-bond acceptors (Lipinski definition) is 4. The molecule has 0 aliphatic rings. The van der Waals surface area contributed by atoms with Gasteiger partial charge in [0.1, 0.15) is 0 Å². The van der Waals surface area contributed by atoms with Crippen LogP contribution in [0.1, 0.15) is 28.5 Å². The molecule has 1 N–H and O–H groups in total. The summed E-state index contributed by atoms with van der Waals surface area (Å²) < 4.78 is 0. The Kier molecular flexibility index (Phi) is 5.47. The number of benzene rings is 1. The summed E-state index contributed by atoms with van der Waals surface area (Å²) >= 11 is 3.34. The van der Waals surface area contributed by atoms with Crippen molar-refractivity contribution in [1.29, 1.82) is 0 Å². The highest BCUT2D eigenvalue weighted by Crippen LogP contribution is 2.26. The van der Waals surface area contributed by atoms with Crippen molar-refractivity contribution >= 4 is 34.8 Å². The molecule has 1 heterocycles. The largest absolute Gasteiger partial charge is 0.322 e. The van der Waals surface area contributed by atoms with Crippen LogP contribution in [0.3, 0.4) is 0 Å². The van der Waals surface area contributed by atoms with Crippen LogP contribution in [0.4, 0.5) is 10.5 Å². The van der Waals surface area contributed by atoms with Gasteiger partial charge in [-0.3, -0.25) is 0 Å². The smallest absolute Gasteiger partial charge is 0.319 e. The summed E-state index contributed by atoms with van der Waals surface area (Å²) in [6.07, 6.45) is 2.03. The molecule has 1 aromatic heterocycles. The van der Waals surface area contributed by atoms with Gasteiger partial charge in [-0.15, -0.1) is 23.1 Å². The number of thioether (sulfide) groups is 1. The van der Waals surface area contributed by atoms with E-state index < -0.39 is 0 Å². The highest BCUT2D eigenvalue weighted by atomic mass is 32.2. The average Bonchev–Trinajstić information content (AvgIpc) is 2.85. The molecular formula is C16H21N3OS2. The molecular weight excluding hydrogens is 314 g/mol. The van der Waals surface area contributed by atoms with E-state index in [-0.39, 0.29) is 12.1 Å². The molecule has 1 atom stereocenters. The zero-order valence-electron chi connectivity index (χ0n) is 13.5. The monoisotopic (exact) mass is 335 g/mol. The Bertz CT molecular complexity index is 652. The Hall–Kier alpha value is -1.53. The van der Waals surface area contributed by atoms with Gasteiger partial charge in [0.25, 0.3) is 0 Å². The Labute approximate surface area is 139 Å². The molecule has 0 aliphatic carbocycles. The molecule has 0 saturated carbocycles. The Balaban J connectivity index is 2.06. The second-order valence-electron chi connectivity index (χ2n) is 5.12. The predicted octanol–water partition coefficient (Wildman–Crippen LogP) is 4.71. The molecule has 1 aromatic carbocycles. The van der Waals surface area contributed by atoms with E-state index in [0.717, 1.165) is 21.3 Å². The zero-order valence-corrected chi connectivity index (χ0v) is 15.1. The number of carbonyl (C=O) groups excluding carboxylic acids is 1. The first-order valence-electron chi connectivity index (χ1n) is 7.04. The predicted molar refractivity (Wildman–Crippen MR) is 95.0 cm³/mol. The maximum atomic E-state index is 12.4. The first-order valence-corrected chi connectivity index (χ1v) is 9.08. The number of thiazole rings is 1. The number of amides is 2. The van der Waals surface area contributed by atoms with E-state index in [1.165, 1.54) is 4.90 Å². The molecule has 6 heteroatoms. The van der Waals surface area contributed by atoms with E-state index in [1.807, 2.05) is 51.3 Å². The standard InChI is InChI=1S/C16H21N3OS2/c1-10(15-11(2)22-12(3)17-15)19(4)16(20)18-13-6-8-14(21-5)9-7-13/h6-10H,1-5H3,(H,18,20). The van der Waals surface area contributed by atoms with E-state index in [1.54, 1.807) is 35.0 Å². The fourth-order valence-corrected chi connectivity index (χ4v) is 3.49. The van der Waals surface area contributed by atoms with Gasteiger partial charge in [-0.2, -0.15) is 0 Å². The number of nitrogens with zero attached hydrogens (tertiary/aromatic N) is 2. The summed E-state index contributed by atoms with van der Waals surface area (Å²) in [6, 6.07) is 7.64. The van der Waals surface area contributed by atoms with Gasteiger partial charge in [0.05, 0.1) is 16.7 Å². The minimum Gasteiger partial charge on any atom is -0.319 e. The second kappa shape index (κ2) is 7.15. The number of aromatic nitrogens is 1. The highest BCUT2D eigenvalue weighted by molar-refractivity contribution is 7.98. The molecule has 118 valence electrons. The maximum absolute atomic E-state index is 12.4. The molecule has 1 unspecified atom stereocenters. The number of hydrogen-bond donors (Lipinski definition) is 1. The van der Waals surface area contributed by atoms with Gasteiger partial charge in [-0.05, 0) is 51.3 Å². The van der Waals surface area contributed by atoms with Gasteiger partial charge in [0, 0.05) is 22.5 Å². The molecule has 0 radical (unpaired) electrons. The lowest BCUT2D eigenvalue weighted by Gasteiger charge is -2.24. The van der Waals surface area contributed by atoms with Crippen LogP contribution in [0.2, 0.25) is 0 Å². The van der Waals surface area contributed by atoms with Crippen molar-refractivity contribution in [1.82, 2.24) is 9.88 Å². The summed E-state index contributed by atoms with van der Waals surface area (Å²) in [6.45, 7) is 6.03. The molecule has 2 rings (SSSR count). The minimum atomic E-state index is -0.130. The lowest BCUT2D eigenvalue weighted by Crippen LogP contribution is -2.34. The third-order valence-electron chi connectivity index (χ3n) is 3.58. The first kappa shape index (κ1) is 16.8. The van der Waals surface area contributed by atoms with Crippen molar-refractivity contribution in [3.05, 3.63) is 39.8 Å². The summed E-state index contributed by atoms with van der Waals surface area (Å²) in [5.41, 5.74) is 1.77. The number of nitrogens with one attached hydrogen (secondary N) is 1. The summed E-state index contributed by atoms with van der Waals surface area (Å²) in [5.74, 6) is 0. The lowest BCUT2D eigenvalue weighted by atomic mass is 10.2. The first-order chi connectivity index (χ1) is 10.4. The van der Waals surface area contributed by atoms with Gasteiger partial charge in [-0.25, -0.2) is 9.78 Å². The van der Waals surface area contributed by atoms with Crippen molar-refractivity contribution in [3.8, 4) is 0 Å². The van der Waals surface area contributed by atoms with Crippen LogP contribution in [-0.4, -0.2) is 29.2 Å². The number of carbonyl (C=O) groups is 1. The summed E-state index contributed by atoms with van der Waals surface area (Å²) in [5, 5.41) is 3.95. The molecule has 22 heavy (non-hydrogen) atoms. The van der Waals surface area contributed by atoms with Gasteiger partial charge in [0.15, 0.2) is 0 Å². The number of anilines is 1. The molecule has 2 amide bonds. The average molecular weight is 335 g/mol. The van der Waals surface area contributed by atoms with Crippen LogP contribution in [0.15, 0.2) is 29.2 Å². The number of rotatable bonds is 4. The fraction of sp³-hybridized carbons (Fsp3) is 0.375. The maximum Gasteiger partial charge on any atom is 0.322 e. The van der Waals surface area contributed by atoms with E-state index >= 15 is 0 Å². The topological polar surface area (TPSA) is 45.2 Å². The van der Waals surface area contributed by atoms with Crippen LogP contribution in [0.25, 0.3) is 0 Å². The van der Waals surface area contributed by atoms with Crippen LogP contribution in [0, 0.1) is 13.8 Å². The van der Waals surface area contributed by atoms with Gasteiger partial charge in [0.2, 0.25) is 0 Å².